The number of carbonyl (C=O) groups is 1. The summed E-state index contributed by atoms with van der Waals surface area (Å²) in [4.78, 5) is 11.7. The number of ether oxygens (including phenoxy) is 2. The fourth-order valence-electron chi connectivity index (χ4n) is 1.88. The molecule has 0 saturated heterocycles. The molecule has 0 aliphatic carbocycles. The molecule has 0 amide bonds. The van der Waals surface area contributed by atoms with Crippen molar-refractivity contribution in [2.75, 3.05) is 6.61 Å². The van der Waals surface area contributed by atoms with Crippen LogP contribution in [-0.4, -0.2) is 24.7 Å². The van der Waals surface area contributed by atoms with Gasteiger partial charge in [0, 0.05) is 0 Å². The Morgan fingerprint density at radius 2 is 1.87 bits per heavy atom. The lowest BCUT2D eigenvalue weighted by Crippen LogP contribution is -2.38. The number of hydrogen-bond donors (Lipinski definition) is 1. The van der Waals surface area contributed by atoms with Crippen LogP contribution in [0.2, 0.25) is 0 Å². The van der Waals surface area contributed by atoms with Gasteiger partial charge in [-0.25, -0.2) is 4.39 Å². The highest BCUT2D eigenvalue weighted by Gasteiger charge is 2.21. The SMILES string of the molecule is CC(C)[C@H](N)C(=O)OC[C@@H](C)Oc1ccc(C(C)(C)C)cc1F. The van der Waals surface area contributed by atoms with Crippen LogP contribution >= 0.6 is 0 Å². The molecule has 2 N–H and O–H groups in total. The molecule has 5 heteroatoms. The average molecular weight is 325 g/mol. The molecule has 0 radical (unpaired) electrons. The lowest BCUT2D eigenvalue weighted by molar-refractivity contribution is -0.148. The number of rotatable bonds is 6. The number of nitrogens with two attached hydrogens (primary N) is 1. The maximum absolute atomic E-state index is 14.1. The maximum atomic E-state index is 14.1. The summed E-state index contributed by atoms with van der Waals surface area (Å²) in [6.07, 6.45) is -0.465. The molecule has 0 aliphatic rings. The Hall–Kier alpha value is -1.62. The maximum Gasteiger partial charge on any atom is 0.323 e. The molecule has 1 aromatic carbocycles. The van der Waals surface area contributed by atoms with E-state index < -0.39 is 23.9 Å². The standard InChI is InChI=1S/C18H28FNO3/c1-11(2)16(20)17(21)22-10-12(3)23-15-8-7-13(9-14(15)19)18(4,5)6/h7-9,11-12,16H,10,20H2,1-6H3/t12-,16+/m1/s1. The van der Waals surface area contributed by atoms with Crippen molar-refractivity contribution in [3.63, 3.8) is 0 Å². The largest absolute Gasteiger partial charge is 0.484 e. The summed E-state index contributed by atoms with van der Waals surface area (Å²) in [5.41, 5.74) is 6.47. The van der Waals surface area contributed by atoms with E-state index in [0.717, 1.165) is 5.56 Å². The van der Waals surface area contributed by atoms with E-state index in [1.54, 1.807) is 13.0 Å². The van der Waals surface area contributed by atoms with Crippen LogP contribution in [0.4, 0.5) is 4.39 Å². The van der Waals surface area contributed by atoms with Crippen LogP contribution in [0.15, 0.2) is 18.2 Å². The molecule has 0 aliphatic heterocycles. The Balaban J connectivity index is 2.61. The first-order chi connectivity index (χ1) is 10.5. The number of carbonyl (C=O) groups excluding carboxylic acids is 1. The van der Waals surface area contributed by atoms with E-state index in [2.05, 4.69) is 0 Å². The van der Waals surface area contributed by atoms with Gasteiger partial charge >= 0.3 is 5.97 Å². The minimum Gasteiger partial charge on any atom is -0.484 e. The first kappa shape index (κ1) is 19.4. The molecule has 0 fully saturated rings. The van der Waals surface area contributed by atoms with Crippen molar-refractivity contribution in [2.45, 2.75) is 59.1 Å². The van der Waals surface area contributed by atoms with Crippen LogP contribution in [0.1, 0.15) is 47.1 Å². The van der Waals surface area contributed by atoms with Gasteiger partial charge in [0.25, 0.3) is 0 Å². The van der Waals surface area contributed by atoms with Crippen LogP contribution in [0.25, 0.3) is 0 Å². The monoisotopic (exact) mass is 325 g/mol. The zero-order valence-electron chi connectivity index (χ0n) is 14.9. The van der Waals surface area contributed by atoms with Crippen LogP contribution in [0.5, 0.6) is 5.75 Å². The third-order valence-electron chi connectivity index (χ3n) is 3.58. The van der Waals surface area contributed by atoms with Crippen LogP contribution in [0, 0.1) is 11.7 Å². The third kappa shape index (κ3) is 5.82. The fraction of sp³-hybridized carbons (Fsp3) is 0.611. The van der Waals surface area contributed by atoms with Crippen LogP contribution in [0.3, 0.4) is 0 Å². The molecule has 0 aromatic heterocycles. The highest BCUT2D eigenvalue weighted by molar-refractivity contribution is 5.75. The average Bonchev–Trinajstić information content (AvgIpc) is 2.44. The summed E-state index contributed by atoms with van der Waals surface area (Å²) in [7, 11) is 0. The molecule has 130 valence electrons. The van der Waals surface area contributed by atoms with Gasteiger partial charge in [0.1, 0.15) is 18.8 Å². The Morgan fingerprint density at radius 3 is 2.35 bits per heavy atom. The van der Waals surface area contributed by atoms with E-state index >= 15 is 0 Å². The number of halogens is 1. The van der Waals surface area contributed by atoms with Crippen molar-refractivity contribution >= 4 is 5.97 Å². The Bertz CT molecular complexity index is 538. The van der Waals surface area contributed by atoms with Crippen molar-refractivity contribution in [3.05, 3.63) is 29.6 Å². The summed E-state index contributed by atoms with van der Waals surface area (Å²) in [5, 5.41) is 0. The minimum absolute atomic E-state index is 0.00103. The zero-order valence-corrected chi connectivity index (χ0v) is 14.9. The van der Waals surface area contributed by atoms with Crippen LogP contribution < -0.4 is 10.5 Å². The molecular weight excluding hydrogens is 297 g/mol. The van der Waals surface area contributed by atoms with Crippen molar-refractivity contribution in [1.82, 2.24) is 0 Å². The topological polar surface area (TPSA) is 61.6 Å². The molecule has 4 nitrogen and oxygen atoms in total. The molecule has 0 saturated carbocycles. The molecule has 0 spiro atoms. The predicted octanol–water partition coefficient (Wildman–Crippen LogP) is 3.42. The molecule has 23 heavy (non-hydrogen) atoms. The van der Waals surface area contributed by atoms with E-state index in [0.29, 0.717) is 0 Å². The number of benzene rings is 1. The van der Waals surface area contributed by atoms with Gasteiger partial charge in [0.05, 0.1) is 0 Å². The Morgan fingerprint density at radius 1 is 1.26 bits per heavy atom. The summed E-state index contributed by atoms with van der Waals surface area (Å²) >= 11 is 0. The van der Waals surface area contributed by atoms with Gasteiger partial charge in [-0.15, -0.1) is 0 Å². The number of hydrogen-bond acceptors (Lipinski definition) is 4. The van der Waals surface area contributed by atoms with Gasteiger partial charge in [-0.1, -0.05) is 40.7 Å². The summed E-state index contributed by atoms with van der Waals surface area (Å²) < 4.78 is 24.7. The first-order valence-electron chi connectivity index (χ1n) is 7.91. The Kier molecular flexibility index (Phi) is 6.57. The van der Waals surface area contributed by atoms with E-state index in [-0.39, 0.29) is 23.7 Å². The minimum atomic E-state index is -0.662. The molecular formula is C18H28FNO3. The molecule has 1 aromatic rings. The van der Waals surface area contributed by atoms with Gasteiger partial charge in [-0.05, 0) is 36.0 Å². The second kappa shape index (κ2) is 7.77. The second-order valence-corrected chi connectivity index (χ2v) is 7.22. The quantitative estimate of drug-likeness (QED) is 0.814. The van der Waals surface area contributed by atoms with Gasteiger partial charge in [0.15, 0.2) is 11.6 Å². The Labute approximate surface area is 138 Å². The lowest BCUT2D eigenvalue weighted by atomic mass is 9.87. The van der Waals surface area contributed by atoms with Crippen LogP contribution in [-0.2, 0) is 14.9 Å². The molecule has 0 unspecified atom stereocenters. The number of esters is 1. The highest BCUT2D eigenvalue weighted by Crippen LogP contribution is 2.27. The van der Waals surface area contributed by atoms with Gasteiger partial charge < -0.3 is 15.2 Å². The molecule has 0 bridgehead atoms. The first-order valence-corrected chi connectivity index (χ1v) is 7.91. The van der Waals surface area contributed by atoms with Crippen molar-refractivity contribution in [2.24, 2.45) is 11.7 Å². The van der Waals surface area contributed by atoms with Gasteiger partial charge in [-0.2, -0.15) is 0 Å². The van der Waals surface area contributed by atoms with Crippen molar-refractivity contribution in [3.8, 4) is 5.75 Å². The zero-order chi connectivity index (χ0) is 17.8. The van der Waals surface area contributed by atoms with Crippen molar-refractivity contribution < 1.29 is 18.7 Å². The third-order valence-corrected chi connectivity index (χ3v) is 3.58. The lowest BCUT2D eigenvalue weighted by Gasteiger charge is -2.21. The van der Waals surface area contributed by atoms with E-state index in [4.69, 9.17) is 15.2 Å². The summed E-state index contributed by atoms with van der Waals surface area (Å²) in [6, 6.07) is 4.26. The second-order valence-electron chi connectivity index (χ2n) is 7.22. The van der Waals surface area contributed by atoms with E-state index in [1.165, 1.54) is 6.07 Å². The summed E-state index contributed by atoms with van der Waals surface area (Å²) in [6.45, 7) is 11.5. The smallest absolute Gasteiger partial charge is 0.323 e. The molecule has 0 heterocycles. The molecule has 1 rings (SSSR count). The van der Waals surface area contributed by atoms with Gasteiger partial charge in [-0.3, -0.25) is 4.79 Å². The summed E-state index contributed by atoms with van der Waals surface area (Å²) in [5.74, 6) is -0.746. The van der Waals surface area contributed by atoms with E-state index in [1.807, 2.05) is 40.7 Å². The van der Waals surface area contributed by atoms with Crippen molar-refractivity contribution in [1.29, 1.82) is 0 Å². The fourth-order valence-corrected chi connectivity index (χ4v) is 1.88. The van der Waals surface area contributed by atoms with E-state index in [9.17, 15) is 9.18 Å². The molecule has 2 atom stereocenters. The highest BCUT2D eigenvalue weighted by atomic mass is 19.1. The predicted molar refractivity (Wildman–Crippen MR) is 89.0 cm³/mol. The van der Waals surface area contributed by atoms with Gasteiger partial charge in [0.2, 0.25) is 0 Å². The normalized spacial score (nSPS) is 14.5.